The average Bonchev–Trinajstić information content (AvgIpc) is 3.08. The van der Waals surface area contributed by atoms with Gasteiger partial charge in [0.25, 0.3) is 0 Å². The summed E-state index contributed by atoms with van der Waals surface area (Å²) in [6.07, 6.45) is 0.286. The van der Waals surface area contributed by atoms with Crippen LogP contribution in [0.5, 0.6) is 11.6 Å². The van der Waals surface area contributed by atoms with E-state index in [0.717, 1.165) is 24.2 Å². The molecule has 184 valence electrons. The van der Waals surface area contributed by atoms with E-state index in [1.807, 2.05) is 20.8 Å². The Morgan fingerprint density at radius 3 is 2.47 bits per heavy atom. The maximum absolute atomic E-state index is 13.8. The second kappa shape index (κ2) is 12.1. The number of benzene rings is 2. The van der Waals surface area contributed by atoms with E-state index in [2.05, 4.69) is 16.9 Å². The zero-order chi connectivity index (χ0) is 24.7. The van der Waals surface area contributed by atoms with Gasteiger partial charge < -0.3 is 14.6 Å². The monoisotopic (exact) mass is 473 g/mol. The Balaban J connectivity index is 1.94. The SMILES string of the molecule is CCCN(Cc1c(C)nn(-c2ccc(F)cc2)c1Oc1cccc(F)c1)C[C@@H](O)COC(C)C. The molecule has 0 unspecified atom stereocenters. The van der Waals surface area contributed by atoms with Crippen LogP contribution in [0.2, 0.25) is 0 Å². The van der Waals surface area contributed by atoms with E-state index in [1.165, 1.54) is 24.3 Å². The van der Waals surface area contributed by atoms with Crippen molar-refractivity contribution in [3.8, 4) is 17.3 Å². The third kappa shape index (κ3) is 7.09. The number of aromatic nitrogens is 2. The van der Waals surface area contributed by atoms with E-state index < -0.39 is 11.9 Å². The van der Waals surface area contributed by atoms with Crippen molar-refractivity contribution in [1.29, 1.82) is 0 Å². The Morgan fingerprint density at radius 2 is 1.82 bits per heavy atom. The van der Waals surface area contributed by atoms with Crippen molar-refractivity contribution in [2.24, 2.45) is 0 Å². The highest BCUT2D eigenvalue weighted by molar-refractivity contribution is 5.43. The third-order valence-corrected chi connectivity index (χ3v) is 5.23. The molecule has 0 aliphatic carbocycles. The van der Waals surface area contributed by atoms with E-state index in [1.54, 1.807) is 28.9 Å². The van der Waals surface area contributed by atoms with Crippen LogP contribution in [0, 0.1) is 18.6 Å². The van der Waals surface area contributed by atoms with Crippen molar-refractivity contribution in [3.05, 3.63) is 71.4 Å². The molecule has 0 aliphatic rings. The number of hydrogen-bond acceptors (Lipinski definition) is 5. The van der Waals surface area contributed by atoms with Crippen molar-refractivity contribution in [3.63, 3.8) is 0 Å². The molecule has 0 aliphatic heterocycles. The number of aliphatic hydroxyl groups is 1. The Labute approximate surface area is 199 Å². The zero-order valence-corrected chi connectivity index (χ0v) is 20.2. The fraction of sp³-hybridized carbons (Fsp3) is 0.423. The van der Waals surface area contributed by atoms with Gasteiger partial charge in [-0.3, -0.25) is 4.90 Å². The van der Waals surface area contributed by atoms with Gasteiger partial charge in [0.15, 0.2) is 0 Å². The van der Waals surface area contributed by atoms with E-state index in [4.69, 9.17) is 9.47 Å². The van der Waals surface area contributed by atoms with Crippen molar-refractivity contribution in [2.45, 2.75) is 52.9 Å². The van der Waals surface area contributed by atoms with Gasteiger partial charge in [-0.2, -0.15) is 5.10 Å². The van der Waals surface area contributed by atoms with Crippen molar-refractivity contribution < 1.29 is 23.4 Å². The lowest BCUT2D eigenvalue weighted by Gasteiger charge is -2.25. The molecule has 1 N–H and O–H groups in total. The largest absolute Gasteiger partial charge is 0.438 e. The number of halogens is 2. The third-order valence-electron chi connectivity index (χ3n) is 5.23. The van der Waals surface area contributed by atoms with Crippen LogP contribution >= 0.6 is 0 Å². The first-order valence-electron chi connectivity index (χ1n) is 11.6. The molecular weight excluding hydrogens is 440 g/mol. The summed E-state index contributed by atoms with van der Waals surface area (Å²) in [7, 11) is 0. The lowest BCUT2D eigenvalue weighted by Crippen LogP contribution is -2.35. The molecular formula is C26H33F2N3O3. The van der Waals surface area contributed by atoms with E-state index in [0.29, 0.717) is 30.4 Å². The number of ether oxygens (including phenoxy) is 2. The highest BCUT2D eigenvalue weighted by Gasteiger charge is 2.23. The van der Waals surface area contributed by atoms with Crippen LogP contribution < -0.4 is 4.74 Å². The maximum atomic E-state index is 13.8. The standard InChI is InChI=1S/C26H33F2N3O3/c1-5-13-30(15-23(32)17-33-18(2)3)16-25-19(4)29-31(22-11-9-20(27)10-12-22)26(25)34-24-8-6-7-21(28)14-24/h6-12,14,18,23,32H,5,13,15-17H2,1-4H3/t23-/m1/s1. The normalized spacial score (nSPS) is 12.5. The molecule has 34 heavy (non-hydrogen) atoms. The molecule has 0 spiro atoms. The smallest absolute Gasteiger partial charge is 0.227 e. The molecule has 6 nitrogen and oxygen atoms in total. The summed E-state index contributed by atoms with van der Waals surface area (Å²) in [5, 5.41) is 15.1. The van der Waals surface area contributed by atoms with E-state index >= 15 is 0 Å². The Hall–Kier alpha value is -2.81. The van der Waals surface area contributed by atoms with E-state index in [9.17, 15) is 13.9 Å². The predicted molar refractivity (Wildman–Crippen MR) is 127 cm³/mol. The summed E-state index contributed by atoms with van der Waals surface area (Å²) in [4.78, 5) is 2.12. The molecule has 1 atom stereocenters. The number of rotatable bonds is 12. The Bertz CT molecular complexity index is 1050. The maximum Gasteiger partial charge on any atom is 0.227 e. The lowest BCUT2D eigenvalue weighted by molar-refractivity contribution is -0.00957. The fourth-order valence-corrected chi connectivity index (χ4v) is 3.65. The van der Waals surface area contributed by atoms with Crippen LogP contribution in [0.3, 0.4) is 0 Å². The van der Waals surface area contributed by atoms with Gasteiger partial charge in [-0.1, -0.05) is 13.0 Å². The molecule has 1 aromatic heterocycles. The molecule has 3 aromatic rings. The summed E-state index contributed by atoms with van der Waals surface area (Å²) < 4.78 is 40.7. The minimum absolute atomic E-state index is 0.0386. The number of aliphatic hydroxyl groups excluding tert-OH is 1. The Morgan fingerprint density at radius 1 is 1.09 bits per heavy atom. The molecule has 0 radical (unpaired) electrons. The van der Waals surface area contributed by atoms with Gasteiger partial charge in [0.1, 0.15) is 17.4 Å². The van der Waals surface area contributed by atoms with Gasteiger partial charge in [-0.05, 0) is 70.1 Å². The van der Waals surface area contributed by atoms with E-state index in [-0.39, 0.29) is 18.5 Å². The summed E-state index contributed by atoms with van der Waals surface area (Å²) in [6, 6.07) is 11.8. The molecule has 3 rings (SSSR count). The molecule has 0 amide bonds. The highest BCUT2D eigenvalue weighted by atomic mass is 19.1. The quantitative estimate of drug-likeness (QED) is 0.389. The second-order valence-electron chi connectivity index (χ2n) is 8.59. The van der Waals surface area contributed by atoms with Gasteiger partial charge in [0.05, 0.1) is 35.8 Å². The minimum atomic E-state index is -0.644. The fourth-order valence-electron chi connectivity index (χ4n) is 3.65. The number of nitrogens with zero attached hydrogens (tertiary/aromatic N) is 3. The van der Waals surface area contributed by atoms with Crippen LogP contribution in [-0.2, 0) is 11.3 Å². The number of aryl methyl sites for hydroxylation is 1. The topological polar surface area (TPSA) is 59.8 Å². The van der Waals surface area contributed by atoms with Crippen LogP contribution in [-0.4, -0.2) is 51.7 Å². The first kappa shape index (κ1) is 25.8. The summed E-state index contributed by atoms with van der Waals surface area (Å²) >= 11 is 0. The molecule has 8 heteroatoms. The molecule has 2 aromatic carbocycles. The van der Waals surface area contributed by atoms with Crippen LogP contribution in [0.4, 0.5) is 8.78 Å². The Kier molecular flexibility index (Phi) is 9.15. The lowest BCUT2D eigenvalue weighted by atomic mass is 10.2. The van der Waals surface area contributed by atoms with Crippen LogP contribution in [0.1, 0.15) is 38.4 Å². The first-order chi connectivity index (χ1) is 16.3. The summed E-state index contributed by atoms with van der Waals surface area (Å²) in [5.41, 5.74) is 2.15. The van der Waals surface area contributed by atoms with Gasteiger partial charge in [0.2, 0.25) is 5.88 Å². The van der Waals surface area contributed by atoms with Gasteiger partial charge in [-0.15, -0.1) is 0 Å². The van der Waals surface area contributed by atoms with Gasteiger partial charge in [-0.25, -0.2) is 13.5 Å². The number of hydrogen-bond donors (Lipinski definition) is 1. The van der Waals surface area contributed by atoms with Crippen LogP contribution in [0.15, 0.2) is 48.5 Å². The average molecular weight is 474 g/mol. The second-order valence-corrected chi connectivity index (χ2v) is 8.59. The summed E-state index contributed by atoms with van der Waals surface area (Å²) in [5.74, 6) is -0.0164. The van der Waals surface area contributed by atoms with Gasteiger partial charge >= 0.3 is 0 Å². The summed E-state index contributed by atoms with van der Waals surface area (Å²) in [6.45, 7) is 9.68. The first-order valence-corrected chi connectivity index (χ1v) is 11.6. The molecule has 1 heterocycles. The van der Waals surface area contributed by atoms with Crippen molar-refractivity contribution in [1.82, 2.24) is 14.7 Å². The highest BCUT2D eigenvalue weighted by Crippen LogP contribution is 2.32. The molecule has 0 saturated heterocycles. The molecule has 0 saturated carbocycles. The van der Waals surface area contributed by atoms with Crippen LogP contribution in [0.25, 0.3) is 5.69 Å². The zero-order valence-electron chi connectivity index (χ0n) is 20.2. The van der Waals surface area contributed by atoms with Crippen molar-refractivity contribution in [2.75, 3.05) is 19.7 Å². The minimum Gasteiger partial charge on any atom is -0.438 e. The molecule has 0 bridgehead atoms. The predicted octanol–water partition coefficient (Wildman–Crippen LogP) is 5.25. The van der Waals surface area contributed by atoms with Crippen molar-refractivity contribution >= 4 is 0 Å². The van der Waals surface area contributed by atoms with Gasteiger partial charge in [0, 0.05) is 19.2 Å². The molecule has 0 fully saturated rings.